The van der Waals surface area contributed by atoms with E-state index in [2.05, 4.69) is 4.98 Å². The van der Waals surface area contributed by atoms with E-state index < -0.39 is 5.97 Å². The fourth-order valence-electron chi connectivity index (χ4n) is 1.27. The maximum absolute atomic E-state index is 10.8. The third-order valence-corrected chi connectivity index (χ3v) is 2.22. The summed E-state index contributed by atoms with van der Waals surface area (Å²) in [6.45, 7) is 0.0835. The van der Waals surface area contributed by atoms with Crippen molar-refractivity contribution in [3.8, 4) is 5.75 Å². The van der Waals surface area contributed by atoms with Gasteiger partial charge < -0.3 is 14.3 Å². The van der Waals surface area contributed by atoms with Crippen molar-refractivity contribution in [1.82, 2.24) is 4.98 Å². The zero-order valence-corrected chi connectivity index (χ0v) is 9.35. The summed E-state index contributed by atoms with van der Waals surface area (Å²) in [6.07, 6.45) is 4.28. The quantitative estimate of drug-likeness (QED) is 0.907. The normalized spacial score (nSPS) is 10.2. The van der Waals surface area contributed by atoms with Crippen LogP contribution in [0.25, 0.3) is 0 Å². The highest BCUT2D eigenvalue weighted by Gasteiger charge is 2.14. The van der Waals surface area contributed by atoms with Gasteiger partial charge in [0, 0.05) is 17.8 Å². The summed E-state index contributed by atoms with van der Waals surface area (Å²) in [6, 6.07) is 3.14. The number of hydrogen-bond donors (Lipinski definition) is 1. The number of carboxylic acids is 1. The summed E-state index contributed by atoms with van der Waals surface area (Å²) < 4.78 is 10.2. The molecule has 0 aliphatic carbocycles. The number of aromatic carboxylic acids is 1. The molecular weight excluding hydrogens is 246 g/mol. The van der Waals surface area contributed by atoms with Gasteiger partial charge in [0.2, 0.25) is 5.76 Å². The van der Waals surface area contributed by atoms with Gasteiger partial charge in [0.15, 0.2) is 0 Å². The molecule has 0 bridgehead atoms. The summed E-state index contributed by atoms with van der Waals surface area (Å²) in [5, 5.41) is 9.27. The second kappa shape index (κ2) is 4.88. The van der Waals surface area contributed by atoms with E-state index in [9.17, 15) is 4.79 Å². The molecular formula is C11H8ClNO4. The SMILES string of the molecule is O=C(O)c1occc1COc1cncc(Cl)c1. The number of nitrogens with zero attached hydrogens (tertiary/aromatic N) is 1. The summed E-state index contributed by atoms with van der Waals surface area (Å²) >= 11 is 5.73. The van der Waals surface area contributed by atoms with Crippen LogP contribution in [0.5, 0.6) is 5.75 Å². The van der Waals surface area contributed by atoms with Crippen LogP contribution in [0.3, 0.4) is 0 Å². The van der Waals surface area contributed by atoms with Crippen molar-refractivity contribution >= 4 is 17.6 Å². The van der Waals surface area contributed by atoms with Crippen molar-refractivity contribution in [2.75, 3.05) is 0 Å². The van der Waals surface area contributed by atoms with Gasteiger partial charge in [-0.3, -0.25) is 4.98 Å². The van der Waals surface area contributed by atoms with Gasteiger partial charge >= 0.3 is 5.97 Å². The predicted octanol–water partition coefficient (Wildman–Crippen LogP) is 2.61. The van der Waals surface area contributed by atoms with Gasteiger partial charge in [0.25, 0.3) is 0 Å². The molecule has 0 fully saturated rings. The van der Waals surface area contributed by atoms with E-state index in [1.54, 1.807) is 12.1 Å². The Hall–Kier alpha value is -2.01. The largest absolute Gasteiger partial charge is 0.487 e. The highest BCUT2D eigenvalue weighted by atomic mass is 35.5. The van der Waals surface area contributed by atoms with E-state index in [-0.39, 0.29) is 12.4 Å². The second-order valence-electron chi connectivity index (χ2n) is 3.21. The van der Waals surface area contributed by atoms with E-state index in [4.69, 9.17) is 25.9 Å². The van der Waals surface area contributed by atoms with Crippen LogP contribution in [0.15, 0.2) is 35.2 Å². The van der Waals surface area contributed by atoms with Crippen LogP contribution in [0.2, 0.25) is 5.02 Å². The van der Waals surface area contributed by atoms with E-state index in [0.717, 1.165) is 0 Å². The predicted molar refractivity (Wildman–Crippen MR) is 59.2 cm³/mol. The molecule has 0 atom stereocenters. The molecule has 2 aromatic rings. The second-order valence-corrected chi connectivity index (χ2v) is 3.64. The van der Waals surface area contributed by atoms with Crippen LogP contribution in [0.4, 0.5) is 0 Å². The lowest BCUT2D eigenvalue weighted by molar-refractivity contribution is 0.0658. The summed E-state index contributed by atoms with van der Waals surface area (Å²) in [5.74, 6) is -0.784. The maximum Gasteiger partial charge on any atom is 0.372 e. The number of carboxylic acid groups (broad SMARTS) is 1. The monoisotopic (exact) mass is 253 g/mol. The minimum Gasteiger partial charge on any atom is -0.487 e. The van der Waals surface area contributed by atoms with Gasteiger partial charge in [0.05, 0.1) is 17.5 Å². The van der Waals surface area contributed by atoms with Gasteiger partial charge in [0.1, 0.15) is 12.4 Å². The minimum absolute atomic E-state index is 0.0835. The maximum atomic E-state index is 10.8. The molecule has 1 N–H and O–H groups in total. The zero-order chi connectivity index (χ0) is 12.3. The van der Waals surface area contributed by atoms with Crippen LogP contribution in [-0.4, -0.2) is 16.1 Å². The van der Waals surface area contributed by atoms with E-state index in [1.807, 2.05) is 0 Å². The lowest BCUT2D eigenvalue weighted by Crippen LogP contribution is -2.02. The highest BCUT2D eigenvalue weighted by Crippen LogP contribution is 2.18. The molecule has 0 aliphatic rings. The summed E-state index contributed by atoms with van der Waals surface area (Å²) in [4.78, 5) is 14.6. The first-order valence-electron chi connectivity index (χ1n) is 4.70. The molecule has 17 heavy (non-hydrogen) atoms. The first-order chi connectivity index (χ1) is 8.16. The van der Waals surface area contributed by atoms with Crippen molar-refractivity contribution in [3.63, 3.8) is 0 Å². The summed E-state index contributed by atoms with van der Waals surface area (Å²) in [7, 11) is 0. The lowest BCUT2D eigenvalue weighted by Gasteiger charge is -2.04. The first-order valence-corrected chi connectivity index (χ1v) is 5.07. The van der Waals surface area contributed by atoms with Crippen molar-refractivity contribution < 1.29 is 19.1 Å². The topological polar surface area (TPSA) is 72.6 Å². The van der Waals surface area contributed by atoms with Gasteiger partial charge in [-0.25, -0.2) is 4.79 Å². The molecule has 0 amide bonds. The Bertz CT molecular complexity index is 538. The van der Waals surface area contributed by atoms with Gasteiger partial charge in [-0.2, -0.15) is 0 Å². The molecule has 88 valence electrons. The van der Waals surface area contributed by atoms with Crippen LogP contribution in [-0.2, 0) is 6.61 Å². The molecule has 2 aromatic heterocycles. The molecule has 0 unspecified atom stereocenters. The van der Waals surface area contributed by atoms with Crippen molar-refractivity contribution in [2.45, 2.75) is 6.61 Å². The number of pyridine rings is 1. The van der Waals surface area contributed by atoms with E-state index >= 15 is 0 Å². The van der Waals surface area contributed by atoms with Gasteiger partial charge in [-0.15, -0.1) is 0 Å². The highest BCUT2D eigenvalue weighted by molar-refractivity contribution is 6.30. The standard InChI is InChI=1S/C11H8ClNO4/c12-8-3-9(5-13-4-8)17-6-7-1-2-16-10(7)11(14)15/h1-5H,6H2,(H,14,15). The number of halogens is 1. The third kappa shape index (κ3) is 2.76. The molecule has 6 heteroatoms. The number of ether oxygens (including phenoxy) is 1. The van der Waals surface area contributed by atoms with Crippen LogP contribution >= 0.6 is 11.6 Å². The summed E-state index contributed by atoms with van der Waals surface area (Å²) in [5.41, 5.74) is 0.456. The van der Waals surface area contributed by atoms with E-state index in [0.29, 0.717) is 16.3 Å². The van der Waals surface area contributed by atoms with Crippen molar-refractivity contribution in [3.05, 3.63) is 47.1 Å². The average Bonchev–Trinajstić information content (AvgIpc) is 2.74. The number of hydrogen-bond acceptors (Lipinski definition) is 4. The Morgan fingerprint density at radius 1 is 1.53 bits per heavy atom. The molecule has 0 saturated carbocycles. The van der Waals surface area contributed by atoms with E-state index in [1.165, 1.54) is 18.7 Å². The first kappa shape index (κ1) is 11.5. The molecule has 5 nitrogen and oxygen atoms in total. The minimum atomic E-state index is -1.13. The molecule has 2 heterocycles. The number of rotatable bonds is 4. The molecule has 0 spiro atoms. The number of furan rings is 1. The number of carbonyl (C=O) groups is 1. The zero-order valence-electron chi connectivity index (χ0n) is 8.59. The Morgan fingerprint density at radius 3 is 3.06 bits per heavy atom. The molecule has 0 saturated heterocycles. The Balaban J connectivity index is 2.07. The lowest BCUT2D eigenvalue weighted by atomic mass is 10.2. The number of aromatic nitrogens is 1. The Morgan fingerprint density at radius 2 is 2.35 bits per heavy atom. The molecule has 0 aromatic carbocycles. The van der Waals surface area contributed by atoms with Crippen molar-refractivity contribution in [1.29, 1.82) is 0 Å². The van der Waals surface area contributed by atoms with Crippen molar-refractivity contribution in [2.24, 2.45) is 0 Å². The van der Waals surface area contributed by atoms with Crippen LogP contribution < -0.4 is 4.74 Å². The smallest absolute Gasteiger partial charge is 0.372 e. The fraction of sp³-hybridized carbons (Fsp3) is 0.0909. The molecule has 0 aliphatic heterocycles. The van der Waals surface area contributed by atoms with Gasteiger partial charge in [-0.1, -0.05) is 11.6 Å². The van der Waals surface area contributed by atoms with Crippen LogP contribution in [0.1, 0.15) is 16.1 Å². The Kier molecular flexibility index (Phi) is 3.30. The fourth-order valence-corrected chi connectivity index (χ4v) is 1.43. The van der Waals surface area contributed by atoms with Gasteiger partial charge in [-0.05, 0) is 6.07 Å². The molecule has 0 radical (unpaired) electrons. The van der Waals surface area contributed by atoms with Crippen LogP contribution in [0, 0.1) is 0 Å². The molecule has 2 rings (SSSR count). The average molecular weight is 254 g/mol. The Labute approximate surface area is 102 Å². The third-order valence-electron chi connectivity index (χ3n) is 2.02.